The number of thiophene rings is 1. The van der Waals surface area contributed by atoms with Crippen molar-refractivity contribution in [2.24, 2.45) is 0 Å². The number of aromatic nitrogens is 2. The fourth-order valence-electron chi connectivity index (χ4n) is 3.37. The van der Waals surface area contributed by atoms with Crippen LogP contribution in [0, 0.1) is 6.92 Å². The van der Waals surface area contributed by atoms with Gasteiger partial charge in [0, 0.05) is 23.0 Å². The van der Waals surface area contributed by atoms with E-state index >= 15 is 0 Å². The topological polar surface area (TPSA) is 76.3 Å². The maximum absolute atomic E-state index is 11.9. The van der Waals surface area contributed by atoms with Crippen molar-refractivity contribution in [1.29, 1.82) is 0 Å². The highest BCUT2D eigenvalue weighted by atomic mass is 32.2. The highest BCUT2D eigenvalue weighted by molar-refractivity contribution is 7.91. The van der Waals surface area contributed by atoms with Gasteiger partial charge in [-0.05, 0) is 30.9 Å². The van der Waals surface area contributed by atoms with Crippen molar-refractivity contribution in [3.8, 4) is 11.4 Å². The van der Waals surface area contributed by atoms with Crippen molar-refractivity contribution in [3.63, 3.8) is 0 Å². The maximum atomic E-state index is 11.9. The summed E-state index contributed by atoms with van der Waals surface area (Å²) in [4.78, 5) is 7.87. The number of hydrogen-bond donors (Lipinski definition) is 0. The molecule has 8 heteroatoms. The Balaban J connectivity index is 1.54. The van der Waals surface area contributed by atoms with Gasteiger partial charge in [0.1, 0.15) is 0 Å². The van der Waals surface area contributed by atoms with Crippen LogP contribution in [-0.2, 0) is 22.9 Å². The van der Waals surface area contributed by atoms with E-state index in [0.29, 0.717) is 31.2 Å². The van der Waals surface area contributed by atoms with Crippen LogP contribution in [0.3, 0.4) is 0 Å². The summed E-state index contributed by atoms with van der Waals surface area (Å²) in [6, 6.07) is 12.0. The Morgan fingerprint density at radius 1 is 1.26 bits per heavy atom. The molecule has 3 aromatic rings. The molecule has 1 fully saturated rings. The smallest absolute Gasteiger partial charge is 0.241 e. The zero-order valence-corrected chi connectivity index (χ0v) is 16.7. The summed E-state index contributed by atoms with van der Waals surface area (Å²) in [5.74, 6) is 1.50. The molecule has 0 N–H and O–H groups in total. The molecule has 27 heavy (non-hydrogen) atoms. The quantitative estimate of drug-likeness (QED) is 0.629. The second kappa shape index (κ2) is 7.53. The van der Waals surface area contributed by atoms with Crippen molar-refractivity contribution in [1.82, 2.24) is 15.0 Å². The Kier molecular flexibility index (Phi) is 5.12. The summed E-state index contributed by atoms with van der Waals surface area (Å²) in [6.07, 6.45) is 0.645. The number of aryl methyl sites for hydroxylation is 1. The van der Waals surface area contributed by atoms with Gasteiger partial charge in [-0.3, -0.25) is 4.90 Å². The predicted octanol–water partition coefficient (Wildman–Crippen LogP) is 3.30. The van der Waals surface area contributed by atoms with E-state index in [2.05, 4.69) is 21.1 Å². The van der Waals surface area contributed by atoms with Crippen molar-refractivity contribution in [3.05, 3.63) is 58.1 Å². The number of sulfone groups is 1. The van der Waals surface area contributed by atoms with Crippen molar-refractivity contribution >= 4 is 21.2 Å². The third-order valence-corrected chi connectivity index (χ3v) is 7.36. The Morgan fingerprint density at radius 3 is 2.85 bits per heavy atom. The molecule has 1 saturated heterocycles. The molecule has 1 aromatic carbocycles. The highest BCUT2D eigenvalue weighted by Crippen LogP contribution is 2.24. The molecule has 142 valence electrons. The Hall–Kier alpha value is -2.03. The largest absolute Gasteiger partial charge is 0.338 e. The number of rotatable bonds is 6. The van der Waals surface area contributed by atoms with Crippen LogP contribution in [0.4, 0.5) is 0 Å². The number of hydrogen-bond acceptors (Lipinski definition) is 7. The molecule has 1 aliphatic rings. The third kappa shape index (κ3) is 4.45. The molecule has 2 aromatic heterocycles. The van der Waals surface area contributed by atoms with Crippen molar-refractivity contribution in [2.75, 3.05) is 11.5 Å². The van der Waals surface area contributed by atoms with Gasteiger partial charge in [0.2, 0.25) is 11.7 Å². The van der Waals surface area contributed by atoms with E-state index in [4.69, 9.17) is 4.52 Å². The Morgan fingerprint density at radius 2 is 2.15 bits per heavy atom. The minimum Gasteiger partial charge on any atom is -0.338 e. The Labute approximate surface area is 162 Å². The monoisotopic (exact) mass is 403 g/mol. The van der Waals surface area contributed by atoms with Gasteiger partial charge in [0.25, 0.3) is 0 Å². The molecule has 0 saturated carbocycles. The maximum Gasteiger partial charge on any atom is 0.241 e. The van der Waals surface area contributed by atoms with Gasteiger partial charge < -0.3 is 4.52 Å². The van der Waals surface area contributed by atoms with Crippen LogP contribution >= 0.6 is 11.3 Å². The minimum absolute atomic E-state index is 0.0218. The predicted molar refractivity (Wildman–Crippen MR) is 105 cm³/mol. The first kappa shape index (κ1) is 18.3. The first-order valence-electron chi connectivity index (χ1n) is 8.85. The summed E-state index contributed by atoms with van der Waals surface area (Å²) in [5.41, 5.74) is 2.05. The van der Waals surface area contributed by atoms with Crippen molar-refractivity contribution < 1.29 is 12.9 Å². The van der Waals surface area contributed by atoms with Crippen LogP contribution < -0.4 is 0 Å². The van der Waals surface area contributed by atoms with Gasteiger partial charge >= 0.3 is 0 Å². The zero-order valence-electron chi connectivity index (χ0n) is 15.0. The van der Waals surface area contributed by atoms with Crippen molar-refractivity contribution in [2.45, 2.75) is 32.5 Å². The summed E-state index contributed by atoms with van der Waals surface area (Å²) >= 11 is 1.67. The number of benzene rings is 1. The van der Waals surface area contributed by atoms with E-state index in [1.807, 2.05) is 42.6 Å². The third-order valence-electron chi connectivity index (χ3n) is 4.75. The van der Waals surface area contributed by atoms with Gasteiger partial charge in [-0.2, -0.15) is 4.98 Å². The molecule has 4 rings (SSSR count). The molecule has 1 atom stereocenters. The van der Waals surface area contributed by atoms with Crippen LogP contribution in [0.15, 0.2) is 46.3 Å². The lowest BCUT2D eigenvalue weighted by Gasteiger charge is -2.25. The van der Waals surface area contributed by atoms with E-state index in [1.165, 1.54) is 4.88 Å². The molecule has 1 unspecified atom stereocenters. The first-order valence-corrected chi connectivity index (χ1v) is 11.6. The fourth-order valence-corrected chi connectivity index (χ4v) is 5.87. The SMILES string of the molecule is Cc1cccc(-c2noc(CN(Cc3cccs3)C3CCS(=O)(=O)C3)n2)c1. The van der Waals surface area contributed by atoms with Crippen LogP contribution in [-0.4, -0.2) is 41.0 Å². The van der Waals surface area contributed by atoms with Gasteiger partial charge in [-0.1, -0.05) is 35.0 Å². The van der Waals surface area contributed by atoms with Crippen LogP contribution in [0.25, 0.3) is 11.4 Å². The van der Waals surface area contributed by atoms with Gasteiger partial charge in [-0.25, -0.2) is 8.42 Å². The molecule has 0 aliphatic carbocycles. The normalized spacial score (nSPS) is 19.0. The first-order chi connectivity index (χ1) is 13.0. The standard InChI is InChI=1S/C19H21N3O3S2/c1-14-4-2-5-15(10-14)19-20-18(25-21-19)12-22(11-17-6-3-8-26-17)16-7-9-27(23,24)13-16/h2-6,8,10,16H,7,9,11-13H2,1H3. The average molecular weight is 404 g/mol. The fraction of sp³-hybridized carbons (Fsp3) is 0.368. The molecule has 0 bridgehead atoms. The average Bonchev–Trinajstić information content (AvgIpc) is 3.35. The zero-order chi connectivity index (χ0) is 18.9. The van der Waals surface area contributed by atoms with Crippen LogP contribution in [0.5, 0.6) is 0 Å². The highest BCUT2D eigenvalue weighted by Gasteiger charge is 2.33. The molecule has 1 aliphatic heterocycles. The van der Waals surface area contributed by atoms with E-state index in [9.17, 15) is 8.42 Å². The lowest BCUT2D eigenvalue weighted by molar-refractivity contribution is 0.170. The molecule has 3 heterocycles. The van der Waals surface area contributed by atoms with Gasteiger partial charge in [0.05, 0.1) is 18.1 Å². The molecular formula is C19H21N3O3S2. The lowest BCUT2D eigenvalue weighted by atomic mass is 10.1. The second-order valence-corrected chi connectivity index (χ2v) is 10.2. The molecule has 0 radical (unpaired) electrons. The van der Waals surface area contributed by atoms with Crippen LogP contribution in [0.2, 0.25) is 0 Å². The number of nitrogens with zero attached hydrogens (tertiary/aromatic N) is 3. The summed E-state index contributed by atoms with van der Waals surface area (Å²) in [6.45, 7) is 3.14. The summed E-state index contributed by atoms with van der Waals surface area (Å²) < 4.78 is 29.4. The van der Waals surface area contributed by atoms with Crippen LogP contribution in [0.1, 0.15) is 22.8 Å². The second-order valence-electron chi connectivity index (χ2n) is 6.92. The molecule has 6 nitrogen and oxygen atoms in total. The van der Waals surface area contributed by atoms with E-state index in [0.717, 1.165) is 11.1 Å². The molecule has 0 spiro atoms. The molecular weight excluding hydrogens is 382 g/mol. The minimum atomic E-state index is -2.96. The summed E-state index contributed by atoms with van der Waals surface area (Å²) in [5, 5.41) is 6.13. The van der Waals surface area contributed by atoms with E-state index < -0.39 is 9.84 Å². The Bertz CT molecular complexity index is 1010. The van der Waals surface area contributed by atoms with Gasteiger partial charge in [0.15, 0.2) is 9.84 Å². The molecule has 0 amide bonds. The summed E-state index contributed by atoms with van der Waals surface area (Å²) in [7, 11) is -2.96. The lowest BCUT2D eigenvalue weighted by Crippen LogP contribution is -2.35. The van der Waals surface area contributed by atoms with E-state index in [-0.39, 0.29) is 17.5 Å². The van der Waals surface area contributed by atoms with Gasteiger partial charge in [-0.15, -0.1) is 11.3 Å². The van der Waals surface area contributed by atoms with E-state index in [1.54, 1.807) is 11.3 Å².